The standard InChI is InChI=1S/C8H13BN6O2/c9-8-1-6(7(17-8)3-11-14-10)16-4-5-2-12-15-13-5/h2,6-8H,1,3-4,9H2,(H,12,13,15). The van der Waals surface area contributed by atoms with Gasteiger partial charge in [-0.3, -0.25) is 5.10 Å². The van der Waals surface area contributed by atoms with Crippen molar-refractivity contribution >= 4 is 7.85 Å². The molecule has 1 fully saturated rings. The van der Waals surface area contributed by atoms with Crippen LogP contribution in [-0.2, 0) is 16.1 Å². The molecule has 17 heavy (non-hydrogen) atoms. The van der Waals surface area contributed by atoms with Crippen LogP contribution in [0, 0.1) is 0 Å². The Morgan fingerprint density at radius 2 is 2.65 bits per heavy atom. The molecule has 9 heteroatoms. The molecule has 0 radical (unpaired) electrons. The molecule has 2 heterocycles. The van der Waals surface area contributed by atoms with Gasteiger partial charge < -0.3 is 9.47 Å². The van der Waals surface area contributed by atoms with E-state index in [-0.39, 0.29) is 18.2 Å². The van der Waals surface area contributed by atoms with Gasteiger partial charge in [0.2, 0.25) is 0 Å². The first kappa shape index (κ1) is 11.9. The van der Waals surface area contributed by atoms with E-state index in [1.807, 2.05) is 7.85 Å². The first-order chi connectivity index (χ1) is 8.29. The van der Waals surface area contributed by atoms with E-state index in [0.717, 1.165) is 12.1 Å². The predicted molar refractivity (Wildman–Crippen MR) is 60.8 cm³/mol. The van der Waals surface area contributed by atoms with Crippen LogP contribution in [0.15, 0.2) is 11.3 Å². The van der Waals surface area contributed by atoms with E-state index in [9.17, 15) is 0 Å². The van der Waals surface area contributed by atoms with Crippen molar-refractivity contribution < 1.29 is 9.47 Å². The smallest absolute Gasteiger partial charge is 0.139 e. The first-order valence-corrected chi connectivity index (χ1v) is 5.43. The zero-order chi connectivity index (χ0) is 12.1. The number of H-pyrrole nitrogens is 1. The van der Waals surface area contributed by atoms with Gasteiger partial charge in [0.1, 0.15) is 13.5 Å². The molecule has 2 rings (SSSR count). The van der Waals surface area contributed by atoms with Gasteiger partial charge >= 0.3 is 0 Å². The largest absolute Gasteiger partial charge is 0.381 e. The van der Waals surface area contributed by atoms with Crippen LogP contribution in [0.2, 0.25) is 0 Å². The lowest BCUT2D eigenvalue weighted by Crippen LogP contribution is -2.27. The normalized spacial score (nSPS) is 27.9. The van der Waals surface area contributed by atoms with Crippen LogP contribution in [0.1, 0.15) is 12.1 Å². The quantitative estimate of drug-likeness (QED) is 0.329. The third-order valence-electron chi connectivity index (χ3n) is 2.62. The third-order valence-corrected chi connectivity index (χ3v) is 2.62. The summed E-state index contributed by atoms with van der Waals surface area (Å²) in [4.78, 5) is 2.73. The summed E-state index contributed by atoms with van der Waals surface area (Å²) < 4.78 is 11.3. The second-order valence-electron chi connectivity index (χ2n) is 3.95. The van der Waals surface area contributed by atoms with Gasteiger partial charge in [-0.2, -0.15) is 0 Å². The highest BCUT2D eigenvalue weighted by Crippen LogP contribution is 2.22. The fraction of sp³-hybridized carbons (Fsp3) is 0.750. The van der Waals surface area contributed by atoms with E-state index in [2.05, 4.69) is 25.4 Å². The molecule has 1 N–H and O–H groups in total. The van der Waals surface area contributed by atoms with Crippen LogP contribution in [0.3, 0.4) is 0 Å². The molecule has 1 aliphatic heterocycles. The molecule has 0 aliphatic carbocycles. The Labute approximate surface area is 98.7 Å². The van der Waals surface area contributed by atoms with Crippen LogP contribution >= 0.6 is 0 Å². The molecular weight excluding hydrogens is 223 g/mol. The SMILES string of the molecule is BC1CC(OCc2c[nH]nn2)C(CN=[N+]=[N-])O1. The zero-order valence-electron chi connectivity index (χ0n) is 9.48. The van der Waals surface area contributed by atoms with Gasteiger partial charge in [-0.1, -0.05) is 10.3 Å². The van der Waals surface area contributed by atoms with Crippen LogP contribution in [0.25, 0.3) is 10.4 Å². The molecule has 90 valence electrons. The first-order valence-electron chi connectivity index (χ1n) is 5.43. The molecule has 1 aromatic rings. The maximum Gasteiger partial charge on any atom is 0.139 e. The molecule has 0 spiro atoms. The Kier molecular flexibility index (Phi) is 3.97. The van der Waals surface area contributed by atoms with Crippen molar-refractivity contribution in [2.75, 3.05) is 6.54 Å². The van der Waals surface area contributed by atoms with E-state index >= 15 is 0 Å². The molecule has 1 aromatic heterocycles. The maximum atomic E-state index is 8.30. The van der Waals surface area contributed by atoms with Gasteiger partial charge in [0.15, 0.2) is 0 Å². The number of aromatic amines is 1. The van der Waals surface area contributed by atoms with Gasteiger partial charge in [0.05, 0.1) is 25.4 Å². The Balaban J connectivity index is 1.86. The number of hydrogen-bond donors (Lipinski definition) is 1. The highest BCUT2D eigenvalue weighted by Gasteiger charge is 2.33. The number of hydrogen-bond acceptors (Lipinski definition) is 5. The van der Waals surface area contributed by atoms with E-state index in [1.165, 1.54) is 0 Å². The van der Waals surface area contributed by atoms with E-state index < -0.39 is 0 Å². The molecule has 0 aromatic carbocycles. The number of azide groups is 1. The predicted octanol–water partition coefficient (Wildman–Crippen LogP) is -0.252. The monoisotopic (exact) mass is 236 g/mol. The van der Waals surface area contributed by atoms with Gasteiger partial charge in [-0.15, -0.1) is 5.10 Å². The molecule has 0 amide bonds. The highest BCUT2D eigenvalue weighted by atomic mass is 16.6. The highest BCUT2D eigenvalue weighted by molar-refractivity contribution is 6.11. The molecule has 0 bridgehead atoms. The second-order valence-corrected chi connectivity index (χ2v) is 3.95. The Morgan fingerprint density at radius 1 is 1.76 bits per heavy atom. The summed E-state index contributed by atoms with van der Waals surface area (Å²) in [5.74, 6) is 0. The summed E-state index contributed by atoms with van der Waals surface area (Å²) >= 11 is 0. The van der Waals surface area contributed by atoms with Crippen molar-refractivity contribution in [3.8, 4) is 0 Å². The number of rotatable bonds is 5. The van der Waals surface area contributed by atoms with Crippen LogP contribution in [0.4, 0.5) is 0 Å². The molecule has 3 unspecified atom stereocenters. The number of ether oxygens (including phenoxy) is 2. The second kappa shape index (κ2) is 5.67. The van der Waals surface area contributed by atoms with Crippen molar-refractivity contribution in [2.24, 2.45) is 5.11 Å². The summed E-state index contributed by atoms with van der Waals surface area (Å²) in [6.45, 7) is 0.675. The Hall–Kier alpha value is -1.57. The van der Waals surface area contributed by atoms with E-state index in [0.29, 0.717) is 13.2 Å². The fourth-order valence-corrected chi connectivity index (χ4v) is 1.86. The van der Waals surface area contributed by atoms with Gasteiger partial charge in [0, 0.05) is 17.1 Å². The van der Waals surface area contributed by atoms with Crippen LogP contribution < -0.4 is 0 Å². The lowest BCUT2D eigenvalue weighted by molar-refractivity contribution is -0.0170. The average molecular weight is 236 g/mol. The van der Waals surface area contributed by atoms with Crippen molar-refractivity contribution in [2.45, 2.75) is 31.2 Å². The van der Waals surface area contributed by atoms with Crippen molar-refractivity contribution in [3.05, 3.63) is 22.3 Å². The van der Waals surface area contributed by atoms with Crippen molar-refractivity contribution in [3.63, 3.8) is 0 Å². The van der Waals surface area contributed by atoms with Gasteiger partial charge in [-0.25, -0.2) is 0 Å². The Morgan fingerprint density at radius 3 is 3.35 bits per heavy atom. The summed E-state index contributed by atoms with van der Waals surface area (Å²) in [5, 5.41) is 13.6. The van der Waals surface area contributed by atoms with Crippen molar-refractivity contribution in [1.29, 1.82) is 0 Å². The molecule has 3 atom stereocenters. The molecule has 1 saturated heterocycles. The molecule has 8 nitrogen and oxygen atoms in total. The number of nitrogens with one attached hydrogen (secondary N) is 1. The van der Waals surface area contributed by atoms with Crippen LogP contribution in [0.5, 0.6) is 0 Å². The maximum absolute atomic E-state index is 8.30. The minimum absolute atomic E-state index is 0.0628. The van der Waals surface area contributed by atoms with E-state index in [1.54, 1.807) is 6.20 Å². The summed E-state index contributed by atoms with van der Waals surface area (Å²) in [5.41, 5.74) is 9.04. The lowest BCUT2D eigenvalue weighted by atomic mass is 9.96. The lowest BCUT2D eigenvalue weighted by Gasteiger charge is -2.16. The summed E-state index contributed by atoms with van der Waals surface area (Å²) in [6, 6.07) is 0.121. The minimum Gasteiger partial charge on any atom is -0.381 e. The zero-order valence-corrected chi connectivity index (χ0v) is 9.48. The number of aromatic nitrogens is 3. The molecular formula is C8H13BN6O2. The van der Waals surface area contributed by atoms with E-state index in [4.69, 9.17) is 15.0 Å². The fourth-order valence-electron chi connectivity index (χ4n) is 1.86. The number of nitrogens with zero attached hydrogens (tertiary/aromatic N) is 5. The van der Waals surface area contributed by atoms with Gasteiger partial charge in [-0.05, 0) is 12.0 Å². The van der Waals surface area contributed by atoms with Crippen molar-refractivity contribution in [1.82, 2.24) is 15.4 Å². The third kappa shape index (κ3) is 3.19. The summed E-state index contributed by atoms with van der Waals surface area (Å²) in [7, 11) is 1.97. The molecule has 0 saturated carbocycles. The Bertz CT molecular complexity index is 393. The molecule has 1 aliphatic rings. The summed E-state index contributed by atoms with van der Waals surface area (Å²) in [6.07, 6.45) is 2.24. The average Bonchev–Trinajstić information content (AvgIpc) is 2.93. The minimum atomic E-state index is -0.173. The van der Waals surface area contributed by atoms with Gasteiger partial charge in [0.25, 0.3) is 0 Å². The topological polar surface area (TPSA) is 109 Å². The van der Waals surface area contributed by atoms with Crippen LogP contribution in [-0.4, -0.2) is 48.0 Å².